The van der Waals surface area contributed by atoms with E-state index >= 15 is 0 Å². The monoisotopic (exact) mass is 262 g/mol. The Morgan fingerprint density at radius 3 is 2.84 bits per heavy atom. The van der Waals surface area contributed by atoms with E-state index < -0.39 is 0 Å². The van der Waals surface area contributed by atoms with E-state index in [-0.39, 0.29) is 6.61 Å². The van der Waals surface area contributed by atoms with Crippen molar-refractivity contribution in [1.82, 2.24) is 15.0 Å². The fourth-order valence-electron chi connectivity index (χ4n) is 2.94. The molecule has 0 bridgehead atoms. The highest BCUT2D eigenvalue weighted by molar-refractivity contribution is 5.20. The molecule has 5 nitrogen and oxygen atoms in total. The summed E-state index contributed by atoms with van der Waals surface area (Å²) < 4.78 is 1.98. The molecule has 1 aliphatic rings. The van der Waals surface area contributed by atoms with Gasteiger partial charge in [0.05, 0.1) is 18.2 Å². The van der Waals surface area contributed by atoms with Gasteiger partial charge in [-0.3, -0.25) is 0 Å². The van der Waals surface area contributed by atoms with Crippen LogP contribution in [0.4, 0.5) is 0 Å². The minimum absolute atomic E-state index is 0.208. The van der Waals surface area contributed by atoms with Gasteiger partial charge < -0.3 is 5.11 Å². The number of rotatable bonds is 6. The SMILES string of the molecule is CC(CCO)Cn1nnc(CC#N)c1C1CCCC1. The molecule has 1 aliphatic carbocycles. The number of nitriles is 1. The lowest BCUT2D eigenvalue weighted by molar-refractivity contribution is 0.249. The molecule has 0 saturated heterocycles. The number of nitrogens with zero attached hydrogens (tertiary/aromatic N) is 4. The van der Waals surface area contributed by atoms with Gasteiger partial charge >= 0.3 is 0 Å². The predicted molar refractivity (Wildman–Crippen MR) is 71.4 cm³/mol. The molecular weight excluding hydrogens is 240 g/mol. The summed E-state index contributed by atoms with van der Waals surface area (Å²) in [5.41, 5.74) is 2.02. The summed E-state index contributed by atoms with van der Waals surface area (Å²) in [6, 6.07) is 2.18. The summed E-state index contributed by atoms with van der Waals surface area (Å²) in [5, 5.41) is 26.3. The molecule has 1 atom stereocenters. The molecule has 19 heavy (non-hydrogen) atoms. The average Bonchev–Trinajstić information content (AvgIpc) is 2.99. The Morgan fingerprint density at radius 1 is 1.47 bits per heavy atom. The molecule has 1 saturated carbocycles. The number of hydrogen-bond donors (Lipinski definition) is 1. The molecule has 5 heteroatoms. The Kier molecular flexibility index (Phi) is 4.92. The molecule has 1 N–H and O–H groups in total. The topological polar surface area (TPSA) is 74.7 Å². The zero-order valence-corrected chi connectivity index (χ0v) is 11.5. The standard InChI is InChI=1S/C14H22N4O/c1-11(7-9-19)10-18-14(12-4-2-3-5-12)13(6-8-15)16-17-18/h11-12,19H,2-7,9-10H2,1H3. The van der Waals surface area contributed by atoms with E-state index in [2.05, 4.69) is 23.3 Å². The van der Waals surface area contributed by atoms with Crippen LogP contribution in [0.5, 0.6) is 0 Å². The van der Waals surface area contributed by atoms with Crippen LogP contribution in [0.2, 0.25) is 0 Å². The summed E-state index contributed by atoms with van der Waals surface area (Å²) in [6.45, 7) is 3.10. The fourth-order valence-corrected chi connectivity index (χ4v) is 2.94. The van der Waals surface area contributed by atoms with Crippen molar-refractivity contribution >= 4 is 0 Å². The highest BCUT2D eigenvalue weighted by Gasteiger charge is 2.25. The van der Waals surface area contributed by atoms with Gasteiger partial charge in [-0.2, -0.15) is 5.26 Å². The molecule has 0 radical (unpaired) electrons. The summed E-state index contributed by atoms with van der Waals surface area (Å²) in [4.78, 5) is 0. The largest absolute Gasteiger partial charge is 0.396 e. The molecule has 2 rings (SSSR count). The van der Waals surface area contributed by atoms with Gasteiger partial charge in [0.2, 0.25) is 0 Å². The quantitative estimate of drug-likeness (QED) is 0.851. The van der Waals surface area contributed by atoms with E-state index in [4.69, 9.17) is 10.4 Å². The molecule has 0 spiro atoms. The van der Waals surface area contributed by atoms with Gasteiger partial charge in [0.25, 0.3) is 0 Å². The Morgan fingerprint density at radius 2 is 2.21 bits per heavy atom. The third-order valence-corrected chi connectivity index (χ3v) is 3.94. The normalized spacial score (nSPS) is 17.5. The van der Waals surface area contributed by atoms with E-state index in [1.807, 2.05) is 4.68 Å². The Hall–Kier alpha value is -1.41. The predicted octanol–water partition coefficient (Wildman–Crippen LogP) is 2.02. The molecule has 1 unspecified atom stereocenters. The maximum Gasteiger partial charge on any atom is 0.100 e. The number of aliphatic hydroxyl groups excluding tert-OH is 1. The highest BCUT2D eigenvalue weighted by atomic mass is 16.3. The Labute approximate surface area is 114 Å². The van der Waals surface area contributed by atoms with Gasteiger partial charge in [-0.05, 0) is 25.2 Å². The van der Waals surface area contributed by atoms with Crippen LogP contribution in [0.3, 0.4) is 0 Å². The van der Waals surface area contributed by atoms with Gasteiger partial charge in [-0.25, -0.2) is 4.68 Å². The number of aliphatic hydroxyl groups is 1. The zero-order valence-electron chi connectivity index (χ0n) is 11.5. The number of hydrogen-bond acceptors (Lipinski definition) is 4. The molecule has 1 heterocycles. The highest BCUT2D eigenvalue weighted by Crippen LogP contribution is 2.35. The Bertz CT molecular complexity index is 443. The molecule has 1 fully saturated rings. The maximum atomic E-state index is 9.00. The summed E-state index contributed by atoms with van der Waals surface area (Å²) in [7, 11) is 0. The van der Waals surface area contributed by atoms with Crippen molar-refractivity contribution in [3.63, 3.8) is 0 Å². The van der Waals surface area contributed by atoms with E-state index in [1.54, 1.807) is 0 Å². The molecule has 0 amide bonds. The van der Waals surface area contributed by atoms with Crippen molar-refractivity contribution < 1.29 is 5.11 Å². The van der Waals surface area contributed by atoms with Crippen molar-refractivity contribution in [2.24, 2.45) is 5.92 Å². The van der Waals surface area contributed by atoms with Crippen LogP contribution in [0.1, 0.15) is 56.3 Å². The summed E-state index contributed by atoms with van der Waals surface area (Å²) in [5.74, 6) is 0.890. The second kappa shape index (κ2) is 6.67. The van der Waals surface area contributed by atoms with Gasteiger partial charge in [0.1, 0.15) is 5.69 Å². The second-order valence-corrected chi connectivity index (χ2v) is 5.54. The lowest BCUT2D eigenvalue weighted by atomic mass is 10.00. The average molecular weight is 262 g/mol. The molecule has 0 aromatic carbocycles. The lowest BCUT2D eigenvalue weighted by Gasteiger charge is -2.16. The van der Waals surface area contributed by atoms with Gasteiger partial charge in [0, 0.05) is 19.1 Å². The van der Waals surface area contributed by atoms with Gasteiger partial charge in [-0.15, -0.1) is 5.10 Å². The van der Waals surface area contributed by atoms with Crippen molar-refractivity contribution in [2.75, 3.05) is 6.61 Å². The van der Waals surface area contributed by atoms with Crippen LogP contribution in [0.15, 0.2) is 0 Å². The smallest absolute Gasteiger partial charge is 0.100 e. The van der Waals surface area contributed by atoms with E-state index in [0.717, 1.165) is 18.7 Å². The van der Waals surface area contributed by atoms with Crippen LogP contribution in [-0.4, -0.2) is 26.7 Å². The van der Waals surface area contributed by atoms with Crippen molar-refractivity contribution in [3.05, 3.63) is 11.4 Å². The summed E-state index contributed by atoms with van der Waals surface area (Å²) >= 11 is 0. The van der Waals surface area contributed by atoms with E-state index in [0.29, 0.717) is 18.3 Å². The third kappa shape index (κ3) is 3.32. The van der Waals surface area contributed by atoms with Gasteiger partial charge in [-0.1, -0.05) is 25.0 Å². The van der Waals surface area contributed by atoms with Crippen LogP contribution in [0, 0.1) is 17.2 Å². The van der Waals surface area contributed by atoms with Crippen LogP contribution in [0.25, 0.3) is 0 Å². The first-order valence-electron chi connectivity index (χ1n) is 7.16. The molecule has 1 aromatic rings. The van der Waals surface area contributed by atoms with Crippen LogP contribution in [-0.2, 0) is 13.0 Å². The fraction of sp³-hybridized carbons (Fsp3) is 0.786. The van der Waals surface area contributed by atoms with E-state index in [1.165, 1.54) is 31.4 Å². The van der Waals surface area contributed by atoms with Crippen LogP contribution < -0.4 is 0 Å². The van der Waals surface area contributed by atoms with Crippen molar-refractivity contribution in [3.8, 4) is 6.07 Å². The van der Waals surface area contributed by atoms with Crippen molar-refractivity contribution in [1.29, 1.82) is 5.26 Å². The summed E-state index contributed by atoms with van der Waals surface area (Å²) in [6.07, 6.45) is 6.00. The Balaban J connectivity index is 2.19. The number of aromatic nitrogens is 3. The molecule has 104 valence electrons. The first-order valence-corrected chi connectivity index (χ1v) is 7.16. The van der Waals surface area contributed by atoms with Gasteiger partial charge in [0.15, 0.2) is 0 Å². The third-order valence-electron chi connectivity index (χ3n) is 3.94. The first kappa shape index (κ1) is 14.0. The molecular formula is C14H22N4O. The minimum Gasteiger partial charge on any atom is -0.396 e. The van der Waals surface area contributed by atoms with E-state index in [9.17, 15) is 0 Å². The van der Waals surface area contributed by atoms with Crippen LogP contribution >= 0.6 is 0 Å². The molecule has 0 aliphatic heterocycles. The zero-order chi connectivity index (χ0) is 13.7. The first-order chi connectivity index (χ1) is 9.26. The molecule has 1 aromatic heterocycles. The second-order valence-electron chi connectivity index (χ2n) is 5.54. The maximum absolute atomic E-state index is 9.00. The lowest BCUT2D eigenvalue weighted by Crippen LogP contribution is -2.15. The minimum atomic E-state index is 0.208. The van der Waals surface area contributed by atoms with Crippen molar-refractivity contribution in [2.45, 2.75) is 57.9 Å².